The third-order valence-electron chi connectivity index (χ3n) is 4.24. The minimum Gasteiger partial charge on any atom is -0.0996 e. The van der Waals surface area contributed by atoms with E-state index in [1.807, 2.05) is 0 Å². The Morgan fingerprint density at radius 1 is 1.05 bits per heavy atom. The minimum absolute atomic E-state index is 0.167. The first-order valence-electron chi connectivity index (χ1n) is 7.36. The molecule has 0 N–H and O–H groups in total. The molecule has 0 saturated heterocycles. The van der Waals surface area contributed by atoms with Crippen LogP contribution in [0.3, 0.4) is 0 Å². The largest absolute Gasteiger partial charge is 0.0996 e. The van der Waals surface area contributed by atoms with Crippen LogP contribution in [0.25, 0.3) is 0 Å². The average molecular weight is 258 g/mol. The highest BCUT2D eigenvalue weighted by atomic mass is 14.3. The Kier molecular flexibility index (Phi) is 4.66. The first-order chi connectivity index (χ1) is 8.58. The molecule has 1 rings (SSSR count). The maximum atomic E-state index is 4.15. The second kappa shape index (κ2) is 5.53. The first kappa shape index (κ1) is 16.0. The Hall–Kier alpha value is -1.04. The van der Waals surface area contributed by atoms with Crippen molar-refractivity contribution >= 4 is 0 Å². The van der Waals surface area contributed by atoms with Crippen LogP contribution in [0.2, 0.25) is 0 Å². The van der Waals surface area contributed by atoms with E-state index in [1.54, 1.807) is 0 Å². The Labute approximate surface area is 119 Å². The van der Waals surface area contributed by atoms with E-state index in [-0.39, 0.29) is 10.8 Å². The standard InChI is InChI=1S/C19H30/c1-9-15-10-11-17(18(4,5)6)12-16(15)13-19(7,8)14(2)3/h10-12H,2,9,13H2,1,3-8H3. The molecule has 0 heterocycles. The van der Waals surface area contributed by atoms with E-state index in [9.17, 15) is 0 Å². The monoisotopic (exact) mass is 258 g/mol. The van der Waals surface area contributed by atoms with Gasteiger partial charge in [0.05, 0.1) is 0 Å². The van der Waals surface area contributed by atoms with E-state index in [0.717, 1.165) is 12.8 Å². The Morgan fingerprint density at radius 2 is 1.63 bits per heavy atom. The van der Waals surface area contributed by atoms with Crippen molar-refractivity contribution in [2.45, 2.75) is 66.7 Å². The maximum Gasteiger partial charge on any atom is -0.0110 e. The van der Waals surface area contributed by atoms with Crippen molar-refractivity contribution < 1.29 is 0 Å². The van der Waals surface area contributed by atoms with Crippen molar-refractivity contribution in [1.82, 2.24) is 0 Å². The molecule has 0 nitrogen and oxygen atoms in total. The molecule has 0 saturated carbocycles. The van der Waals surface area contributed by atoms with Crippen LogP contribution in [0.15, 0.2) is 30.4 Å². The average Bonchev–Trinajstić information content (AvgIpc) is 2.27. The van der Waals surface area contributed by atoms with Crippen LogP contribution < -0.4 is 0 Å². The third-order valence-corrected chi connectivity index (χ3v) is 4.24. The van der Waals surface area contributed by atoms with E-state index in [1.165, 1.54) is 22.3 Å². The van der Waals surface area contributed by atoms with Crippen LogP contribution in [0.5, 0.6) is 0 Å². The maximum absolute atomic E-state index is 4.15. The summed E-state index contributed by atoms with van der Waals surface area (Å²) in [5.74, 6) is 0. The van der Waals surface area contributed by atoms with Crippen LogP contribution in [0.4, 0.5) is 0 Å². The summed E-state index contributed by atoms with van der Waals surface area (Å²) in [6.07, 6.45) is 2.18. The second-order valence-electron chi connectivity index (χ2n) is 7.43. The van der Waals surface area contributed by atoms with Gasteiger partial charge in [0.15, 0.2) is 0 Å². The third kappa shape index (κ3) is 3.96. The van der Waals surface area contributed by atoms with Gasteiger partial charge in [0.25, 0.3) is 0 Å². The van der Waals surface area contributed by atoms with Gasteiger partial charge in [-0.3, -0.25) is 0 Å². The minimum atomic E-state index is 0.167. The van der Waals surface area contributed by atoms with Crippen LogP contribution in [-0.2, 0) is 18.3 Å². The van der Waals surface area contributed by atoms with Crippen molar-refractivity contribution in [2.75, 3.05) is 0 Å². The quantitative estimate of drug-likeness (QED) is 0.608. The number of rotatable bonds is 4. The lowest BCUT2D eigenvalue weighted by atomic mass is 9.77. The number of benzene rings is 1. The molecule has 1 aromatic carbocycles. The van der Waals surface area contributed by atoms with Gasteiger partial charge in [-0.15, -0.1) is 0 Å². The first-order valence-corrected chi connectivity index (χ1v) is 7.36. The lowest BCUT2D eigenvalue weighted by molar-refractivity contribution is 0.443. The van der Waals surface area contributed by atoms with E-state index < -0.39 is 0 Å². The molecule has 106 valence electrons. The molecular weight excluding hydrogens is 228 g/mol. The Balaban J connectivity index is 3.21. The summed E-state index contributed by atoms with van der Waals surface area (Å²) in [6.45, 7) is 19.9. The van der Waals surface area contributed by atoms with E-state index in [0.29, 0.717) is 0 Å². The summed E-state index contributed by atoms with van der Waals surface area (Å²) < 4.78 is 0. The molecule has 0 aliphatic carbocycles. The Morgan fingerprint density at radius 3 is 2.05 bits per heavy atom. The fraction of sp³-hybridized carbons (Fsp3) is 0.579. The zero-order chi connectivity index (χ0) is 14.8. The van der Waals surface area contributed by atoms with Gasteiger partial charge in [0.2, 0.25) is 0 Å². The molecule has 0 spiro atoms. The van der Waals surface area contributed by atoms with Gasteiger partial charge in [-0.2, -0.15) is 0 Å². The molecule has 0 unspecified atom stereocenters. The van der Waals surface area contributed by atoms with E-state index >= 15 is 0 Å². The summed E-state index contributed by atoms with van der Waals surface area (Å²) in [7, 11) is 0. The molecule has 0 heteroatoms. The predicted molar refractivity (Wildman–Crippen MR) is 86.8 cm³/mol. The van der Waals surface area contributed by atoms with Gasteiger partial charge in [-0.25, -0.2) is 0 Å². The summed E-state index contributed by atoms with van der Waals surface area (Å²) in [5.41, 5.74) is 6.03. The molecule has 0 amide bonds. The molecule has 1 aromatic rings. The Bertz CT molecular complexity index is 455. The van der Waals surface area contributed by atoms with Gasteiger partial charge in [0.1, 0.15) is 0 Å². The van der Waals surface area contributed by atoms with E-state index in [4.69, 9.17) is 0 Å². The second-order valence-corrected chi connectivity index (χ2v) is 7.43. The van der Waals surface area contributed by atoms with Crippen LogP contribution in [0, 0.1) is 5.41 Å². The van der Waals surface area contributed by atoms with Gasteiger partial charge in [0, 0.05) is 0 Å². The van der Waals surface area contributed by atoms with Gasteiger partial charge >= 0.3 is 0 Å². The van der Waals surface area contributed by atoms with Gasteiger partial charge < -0.3 is 0 Å². The molecule has 0 fully saturated rings. The lowest BCUT2D eigenvalue weighted by Gasteiger charge is -2.28. The van der Waals surface area contributed by atoms with Gasteiger partial charge in [-0.1, -0.05) is 71.9 Å². The van der Waals surface area contributed by atoms with Crippen LogP contribution in [-0.4, -0.2) is 0 Å². The number of hydrogen-bond donors (Lipinski definition) is 0. The number of aryl methyl sites for hydroxylation is 1. The SMILES string of the molecule is C=C(C)C(C)(C)Cc1cc(C(C)(C)C)ccc1CC. The normalized spacial score (nSPS) is 12.6. The summed E-state index contributed by atoms with van der Waals surface area (Å²) in [5, 5.41) is 0. The molecule has 0 aromatic heterocycles. The fourth-order valence-corrected chi connectivity index (χ4v) is 2.23. The van der Waals surface area contributed by atoms with Crippen molar-refractivity contribution in [3.8, 4) is 0 Å². The van der Waals surface area contributed by atoms with Crippen molar-refractivity contribution in [1.29, 1.82) is 0 Å². The summed E-state index contributed by atoms with van der Waals surface area (Å²) in [6, 6.07) is 7.00. The zero-order valence-corrected chi connectivity index (χ0v) is 13.9. The smallest absolute Gasteiger partial charge is 0.0110 e. The van der Waals surface area contributed by atoms with E-state index in [2.05, 4.69) is 73.2 Å². The number of allylic oxidation sites excluding steroid dienone is 1. The molecule has 0 aliphatic rings. The molecule has 19 heavy (non-hydrogen) atoms. The van der Waals surface area contributed by atoms with Crippen LogP contribution in [0.1, 0.15) is 65.2 Å². The van der Waals surface area contributed by atoms with Gasteiger partial charge in [-0.05, 0) is 47.3 Å². The fourth-order valence-electron chi connectivity index (χ4n) is 2.23. The molecule has 0 atom stereocenters. The molecular formula is C19H30. The molecule has 0 aliphatic heterocycles. The molecule has 0 bridgehead atoms. The molecule has 0 radical (unpaired) electrons. The van der Waals surface area contributed by atoms with Crippen molar-refractivity contribution in [3.63, 3.8) is 0 Å². The predicted octanol–water partition coefficient (Wildman–Crippen LogP) is 5.69. The van der Waals surface area contributed by atoms with Crippen LogP contribution >= 0.6 is 0 Å². The highest BCUT2D eigenvalue weighted by Crippen LogP contribution is 2.33. The highest BCUT2D eigenvalue weighted by molar-refractivity contribution is 5.36. The topological polar surface area (TPSA) is 0 Å². The highest BCUT2D eigenvalue weighted by Gasteiger charge is 2.22. The zero-order valence-electron chi connectivity index (χ0n) is 13.9. The lowest BCUT2D eigenvalue weighted by Crippen LogP contribution is -2.18. The van der Waals surface area contributed by atoms with Crippen molar-refractivity contribution in [3.05, 3.63) is 47.0 Å². The number of hydrogen-bond acceptors (Lipinski definition) is 0. The summed E-state index contributed by atoms with van der Waals surface area (Å²) >= 11 is 0. The summed E-state index contributed by atoms with van der Waals surface area (Å²) in [4.78, 5) is 0. The van der Waals surface area contributed by atoms with Crippen molar-refractivity contribution in [2.24, 2.45) is 5.41 Å².